The second-order valence-electron chi connectivity index (χ2n) is 8.46. The second kappa shape index (κ2) is 13.1. The summed E-state index contributed by atoms with van der Waals surface area (Å²) in [5.74, 6) is -1.32. The van der Waals surface area contributed by atoms with Gasteiger partial charge in [0.05, 0.1) is 0 Å². The minimum absolute atomic E-state index is 0.115. The fourth-order valence-corrected chi connectivity index (χ4v) is 3.96. The molecule has 0 saturated heterocycles. The van der Waals surface area contributed by atoms with Crippen LogP contribution in [0.1, 0.15) is 37.8 Å². The smallest absolute Gasteiger partial charge is 0.349 e. The molecule has 0 saturated carbocycles. The summed E-state index contributed by atoms with van der Waals surface area (Å²) in [6.45, 7) is 4.11. The van der Waals surface area contributed by atoms with E-state index in [0.717, 1.165) is 22.0 Å². The largest absolute Gasteiger partial charge is 0.357 e. The third kappa shape index (κ3) is 8.63. The molecule has 0 spiro atoms. The van der Waals surface area contributed by atoms with E-state index in [1.807, 2.05) is 54.6 Å². The lowest BCUT2D eigenvalue weighted by Crippen LogP contribution is -2.53. The molecule has 0 fully saturated rings. The number of amides is 4. The predicted octanol–water partition coefficient (Wildman–Crippen LogP) is 4.33. The van der Waals surface area contributed by atoms with E-state index in [9.17, 15) is 19.6 Å². The maximum Gasteiger partial charge on any atom is 0.349 e. The highest BCUT2D eigenvalue weighted by atomic mass is 79.9. The Bertz CT molecular complexity index is 936. The summed E-state index contributed by atoms with van der Waals surface area (Å²) in [4.78, 5) is 38.1. The lowest BCUT2D eigenvalue weighted by molar-refractivity contribution is -0.158. The van der Waals surface area contributed by atoms with Crippen molar-refractivity contribution in [3.8, 4) is 0 Å². The van der Waals surface area contributed by atoms with Gasteiger partial charge >= 0.3 is 6.03 Å². The lowest BCUT2D eigenvalue weighted by atomic mass is 9.91. The standard InChI is InChI=1S/C25H32BrN3O4/c1-17(2)12-13-20(14-19-10-7-11-21(26)15-19)24(31)29(33)25(32)28-22(23(30)27-3)16-18-8-5-4-6-9-18/h4-11,15,17,20,22,33H,12-14,16H2,1-3H3,(H,27,30)(H,28,32)/t20-,22+/m1/s1. The molecule has 0 aliphatic heterocycles. The molecule has 0 radical (unpaired) electrons. The van der Waals surface area contributed by atoms with Gasteiger partial charge in [0.1, 0.15) is 6.04 Å². The Morgan fingerprint density at radius 2 is 1.64 bits per heavy atom. The first kappa shape index (κ1) is 26.5. The Kier molecular flexibility index (Phi) is 10.5. The van der Waals surface area contributed by atoms with Gasteiger partial charge in [0.25, 0.3) is 5.91 Å². The zero-order valence-corrected chi connectivity index (χ0v) is 20.8. The fourth-order valence-electron chi connectivity index (χ4n) is 3.51. The quantitative estimate of drug-likeness (QED) is 0.322. The fraction of sp³-hybridized carbons (Fsp3) is 0.400. The zero-order chi connectivity index (χ0) is 24.4. The summed E-state index contributed by atoms with van der Waals surface area (Å²) in [6, 6.07) is 14.8. The van der Waals surface area contributed by atoms with Gasteiger partial charge < -0.3 is 10.6 Å². The van der Waals surface area contributed by atoms with Crippen molar-refractivity contribution in [2.24, 2.45) is 11.8 Å². The van der Waals surface area contributed by atoms with Crippen molar-refractivity contribution in [1.82, 2.24) is 15.7 Å². The lowest BCUT2D eigenvalue weighted by Gasteiger charge is -2.24. The van der Waals surface area contributed by atoms with E-state index in [1.54, 1.807) is 0 Å². The number of urea groups is 1. The van der Waals surface area contributed by atoms with Crippen LogP contribution in [0.4, 0.5) is 4.79 Å². The molecule has 0 aromatic heterocycles. The average Bonchev–Trinajstić information content (AvgIpc) is 2.80. The highest BCUT2D eigenvalue weighted by Gasteiger charge is 2.31. The summed E-state index contributed by atoms with van der Waals surface area (Å²) >= 11 is 3.43. The summed E-state index contributed by atoms with van der Waals surface area (Å²) in [5.41, 5.74) is 1.76. The van der Waals surface area contributed by atoms with Crippen LogP contribution in [0.3, 0.4) is 0 Å². The molecule has 8 heteroatoms. The number of nitrogens with zero attached hydrogens (tertiary/aromatic N) is 1. The predicted molar refractivity (Wildman–Crippen MR) is 131 cm³/mol. The minimum atomic E-state index is -1.02. The molecule has 2 aromatic rings. The number of carbonyl (C=O) groups excluding carboxylic acids is 3. The first-order valence-corrected chi connectivity index (χ1v) is 11.8. The highest BCUT2D eigenvalue weighted by molar-refractivity contribution is 9.10. The SMILES string of the molecule is CNC(=O)[C@H](Cc1ccccc1)NC(=O)N(O)C(=O)[C@H](CCC(C)C)Cc1cccc(Br)c1. The van der Waals surface area contributed by atoms with Crippen LogP contribution in [0.15, 0.2) is 59.1 Å². The Hall–Kier alpha value is -2.71. The van der Waals surface area contributed by atoms with Crippen LogP contribution in [0.5, 0.6) is 0 Å². The van der Waals surface area contributed by atoms with Gasteiger partial charge in [-0.05, 0) is 42.0 Å². The van der Waals surface area contributed by atoms with E-state index in [1.165, 1.54) is 7.05 Å². The molecular formula is C25H32BrN3O4. The van der Waals surface area contributed by atoms with E-state index in [4.69, 9.17) is 0 Å². The van der Waals surface area contributed by atoms with Crippen LogP contribution < -0.4 is 10.6 Å². The Morgan fingerprint density at radius 3 is 2.24 bits per heavy atom. The van der Waals surface area contributed by atoms with Crippen molar-refractivity contribution < 1.29 is 19.6 Å². The van der Waals surface area contributed by atoms with E-state index < -0.39 is 29.8 Å². The minimum Gasteiger partial charge on any atom is -0.357 e. The molecule has 2 rings (SSSR count). The molecule has 4 amide bonds. The third-order valence-corrected chi connectivity index (χ3v) is 5.85. The number of nitrogens with one attached hydrogen (secondary N) is 2. The summed E-state index contributed by atoms with van der Waals surface area (Å²) in [5, 5.41) is 15.6. The molecule has 7 nitrogen and oxygen atoms in total. The number of hydroxylamine groups is 2. The van der Waals surface area contributed by atoms with Gasteiger partial charge in [-0.25, -0.2) is 4.79 Å². The maximum absolute atomic E-state index is 13.1. The summed E-state index contributed by atoms with van der Waals surface area (Å²) in [6.07, 6.45) is 1.91. The number of rotatable bonds is 10. The van der Waals surface area contributed by atoms with Crippen molar-refractivity contribution in [1.29, 1.82) is 0 Å². The summed E-state index contributed by atoms with van der Waals surface area (Å²) in [7, 11) is 1.47. The van der Waals surface area contributed by atoms with Gasteiger partial charge in [-0.3, -0.25) is 14.8 Å². The topological polar surface area (TPSA) is 98.7 Å². The van der Waals surface area contributed by atoms with Crippen LogP contribution in [-0.2, 0) is 22.4 Å². The number of halogens is 1. The molecule has 0 bridgehead atoms. The van der Waals surface area contributed by atoms with Crippen LogP contribution in [-0.4, -0.2) is 41.2 Å². The molecule has 2 aromatic carbocycles. The zero-order valence-electron chi connectivity index (χ0n) is 19.3. The number of carbonyl (C=O) groups is 3. The van der Waals surface area contributed by atoms with Gasteiger partial charge in [0.15, 0.2) is 0 Å². The highest BCUT2D eigenvalue weighted by Crippen LogP contribution is 2.22. The van der Waals surface area contributed by atoms with E-state index in [2.05, 4.69) is 40.4 Å². The van der Waals surface area contributed by atoms with Crippen LogP contribution in [0, 0.1) is 11.8 Å². The number of likely N-dealkylation sites (N-methyl/N-ethyl adjacent to an activating group) is 1. The maximum atomic E-state index is 13.1. The average molecular weight is 518 g/mol. The monoisotopic (exact) mass is 517 g/mol. The van der Waals surface area contributed by atoms with Crippen molar-refractivity contribution in [3.05, 3.63) is 70.2 Å². The van der Waals surface area contributed by atoms with Crippen molar-refractivity contribution in [2.45, 2.75) is 45.6 Å². The number of hydrogen-bond acceptors (Lipinski definition) is 4. The van der Waals surface area contributed by atoms with Crippen molar-refractivity contribution >= 4 is 33.8 Å². The molecule has 0 heterocycles. The first-order chi connectivity index (χ1) is 15.7. The number of benzene rings is 2. The molecule has 0 aliphatic carbocycles. The number of imide groups is 1. The van der Waals surface area contributed by atoms with Crippen molar-refractivity contribution in [2.75, 3.05) is 7.05 Å². The van der Waals surface area contributed by atoms with Crippen molar-refractivity contribution in [3.63, 3.8) is 0 Å². The summed E-state index contributed by atoms with van der Waals surface area (Å²) < 4.78 is 0.892. The Balaban J connectivity index is 2.13. The molecule has 33 heavy (non-hydrogen) atoms. The Morgan fingerprint density at radius 1 is 0.970 bits per heavy atom. The normalized spacial score (nSPS) is 12.7. The molecule has 3 N–H and O–H groups in total. The molecule has 178 valence electrons. The van der Waals surface area contributed by atoms with Gasteiger partial charge in [0, 0.05) is 23.9 Å². The van der Waals surface area contributed by atoms with Crippen LogP contribution >= 0.6 is 15.9 Å². The van der Waals surface area contributed by atoms with Gasteiger partial charge in [-0.15, -0.1) is 5.06 Å². The third-order valence-electron chi connectivity index (χ3n) is 5.36. The van der Waals surface area contributed by atoms with Gasteiger partial charge in [-0.2, -0.15) is 0 Å². The van der Waals surface area contributed by atoms with Gasteiger partial charge in [0.2, 0.25) is 5.91 Å². The molecule has 2 atom stereocenters. The van der Waals surface area contributed by atoms with E-state index in [-0.39, 0.29) is 11.5 Å². The van der Waals surface area contributed by atoms with Crippen LogP contribution in [0.25, 0.3) is 0 Å². The molecule has 0 aliphatic rings. The van der Waals surface area contributed by atoms with Gasteiger partial charge in [-0.1, -0.05) is 78.7 Å². The van der Waals surface area contributed by atoms with Crippen LogP contribution in [0.2, 0.25) is 0 Å². The second-order valence-corrected chi connectivity index (χ2v) is 9.37. The Labute approximate surface area is 203 Å². The van der Waals surface area contributed by atoms with E-state index in [0.29, 0.717) is 18.8 Å². The number of hydrogen-bond donors (Lipinski definition) is 3. The molecule has 0 unspecified atom stereocenters. The van der Waals surface area contributed by atoms with E-state index >= 15 is 0 Å². The first-order valence-electron chi connectivity index (χ1n) is 11.0. The molecular weight excluding hydrogens is 486 g/mol.